The minimum Gasteiger partial charge on any atom is -0.396 e. The lowest BCUT2D eigenvalue weighted by Gasteiger charge is -2.32. The van der Waals surface area contributed by atoms with E-state index in [2.05, 4.69) is 43.4 Å². The molecule has 2 atom stereocenters. The first-order chi connectivity index (χ1) is 9.69. The molecular weight excluding hydrogens is 246 g/mol. The summed E-state index contributed by atoms with van der Waals surface area (Å²) in [5.41, 5.74) is 2.56. The predicted octanol–water partition coefficient (Wildman–Crippen LogP) is 4.24. The maximum absolute atomic E-state index is 8.92. The molecule has 0 amide bonds. The van der Waals surface area contributed by atoms with Gasteiger partial charge in [-0.25, -0.2) is 0 Å². The topological polar surface area (TPSA) is 32.3 Å². The monoisotopic (exact) mass is 275 g/mol. The van der Waals surface area contributed by atoms with Crippen LogP contribution in [0.1, 0.15) is 51.5 Å². The van der Waals surface area contributed by atoms with E-state index in [4.69, 9.17) is 5.11 Å². The van der Waals surface area contributed by atoms with Gasteiger partial charge in [-0.3, -0.25) is 0 Å². The average Bonchev–Trinajstić information content (AvgIpc) is 2.46. The van der Waals surface area contributed by atoms with Crippen LogP contribution < -0.4 is 5.32 Å². The van der Waals surface area contributed by atoms with Crippen molar-refractivity contribution in [3.05, 3.63) is 29.8 Å². The van der Waals surface area contributed by atoms with Crippen molar-refractivity contribution in [2.24, 2.45) is 11.8 Å². The molecule has 2 heteroatoms. The molecule has 2 nitrogen and oxygen atoms in total. The third-order valence-electron chi connectivity index (χ3n) is 4.58. The fourth-order valence-corrected chi connectivity index (χ4v) is 3.30. The number of nitrogens with one attached hydrogen (secondary N) is 1. The highest BCUT2D eigenvalue weighted by molar-refractivity contribution is 5.46. The molecule has 2 N–H and O–H groups in total. The number of anilines is 1. The first-order valence-electron chi connectivity index (χ1n) is 8.15. The molecule has 1 aliphatic carbocycles. The molecule has 1 fully saturated rings. The van der Waals surface area contributed by atoms with Gasteiger partial charge in [0.2, 0.25) is 0 Å². The quantitative estimate of drug-likeness (QED) is 0.814. The van der Waals surface area contributed by atoms with E-state index in [9.17, 15) is 0 Å². The zero-order valence-corrected chi connectivity index (χ0v) is 12.9. The van der Waals surface area contributed by atoms with Crippen LogP contribution in [0.15, 0.2) is 24.3 Å². The highest BCUT2D eigenvalue weighted by Gasteiger charge is 2.23. The molecule has 0 radical (unpaired) electrons. The number of rotatable bonds is 6. The van der Waals surface area contributed by atoms with Crippen LogP contribution in [0.2, 0.25) is 0 Å². The minimum absolute atomic E-state index is 0.274. The van der Waals surface area contributed by atoms with Crippen molar-refractivity contribution in [1.82, 2.24) is 0 Å². The van der Waals surface area contributed by atoms with Gasteiger partial charge in [0, 0.05) is 18.3 Å². The zero-order valence-electron chi connectivity index (χ0n) is 12.9. The molecule has 1 saturated carbocycles. The lowest BCUT2D eigenvalue weighted by Crippen LogP contribution is -2.29. The van der Waals surface area contributed by atoms with Crippen molar-refractivity contribution in [2.75, 3.05) is 11.9 Å². The van der Waals surface area contributed by atoms with Gasteiger partial charge in [0.05, 0.1) is 0 Å². The van der Waals surface area contributed by atoms with Gasteiger partial charge in [0.15, 0.2) is 0 Å². The van der Waals surface area contributed by atoms with Gasteiger partial charge in [-0.15, -0.1) is 0 Å². The number of hydrogen-bond acceptors (Lipinski definition) is 2. The van der Waals surface area contributed by atoms with E-state index in [0.29, 0.717) is 6.04 Å². The van der Waals surface area contributed by atoms with E-state index in [1.165, 1.54) is 36.9 Å². The second-order valence-electron chi connectivity index (χ2n) is 6.54. The molecule has 112 valence electrons. The fraction of sp³-hybridized carbons (Fsp3) is 0.667. The maximum atomic E-state index is 8.92. The standard InChI is InChI=1S/C18H29NO/c1-14(2)16-8-4-10-18(13-16)19-17-9-3-6-15(12-17)7-5-11-20/h3,6,9,12,14,16,18-20H,4-5,7-8,10-11,13H2,1-2H3. The normalized spacial score (nSPS) is 23.0. The third-order valence-corrected chi connectivity index (χ3v) is 4.58. The lowest BCUT2D eigenvalue weighted by atomic mass is 9.79. The van der Waals surface area contributed by atoms with Gasteiger partial charge >= 0.3 is 0 Å². The molecule has 0 aliphatic heterocycles. The Morgan fingerprint density at radius 2 is 2.15 bits per heavy atom. The molecule has 0 aromatic heterocycles. The van der Waals surface area contributed by atoms with Crippen LogP contribution in [-0.4, -0.2) is 17.8 Å². The van der Waals surface area contributed by atoms with Crippen molar-refractivity contribution < 1.29 is 5.11 Å². The van der Waals surface area contributed by atoms with Crippen LogP contribution in [0, 0.1) is 11.8 Å². The number of hydrogen-bond donors (Lipinski definition) is 2. The van der Waals surface area contributed by atoms with Gasteiger partial charge in [-0.1, -0.05) is 38.8 Å². The van der Waals surface area contributed by atoms with Gasteiger partial charge in [-0.2, -0.15) is 0 Å². The summed E-state index contributed by atoms with van der Waals surface area (Å²) in [7, 11) is 0. The summed E-state index contributed by atoms with van der Waals surface area (Å²) in [4.78, 5) is 0. The van der Waals surface area contributed by atoms with E-state index in [0.717, 1.165) is 24.7 Å². The first-order valence-corrected chi connectivity index (χ1v) is 8.15. The number of aliphatic hydroxyl groups is 1. The molecular formula is C18H29NO. The van der Waals surface area contributed by atoms with Gasteiger partial charge in [0.1, 0.15) is 0 Å². The van der Waals surface area contributed by atoms with Crippen LogP contribution in [0.4, 0.5) is 5.69 Å². The summed E-state index contributed by atoms with van der Waals surface area (Å²) in [6.07, 6.45) is 7.16. The molecule has 20 heavy (non-hydrogen) atoms. The highest BCUT2D eigenvalue weighted by Crippen LogP contribution is 2.31. The molecule has 0 saturated heterocycles. The van der Waals surface area contributed by atoms with E-state index in [-0.39, 0.29) is 6.61 Å². The Hall–Kier alpha value is -1.02. The Morgan fingerprint density at radius 3 is 2.90 bits per heavy atom. The van der Waals surface area contributed by atoms with Crippen molar-refractivity contribution in [3.63, 3.8) is 0 Å². The molecule has 0 bridgehead atoms. The van der Waals surface area contributed by atoms with Crippen molar-refractivity contribution in [1.29, 1.82) is 0 Å². The molecule has 0 spiro atoms. The van der Waals surface area contributed by atoms with Crippen LogP contribution >= 0.6 is 0 Å². The second-order valence-corrected chi connectivity index (χ2v) is 6.54. The van der Waals surface area contributed by atoms with E-state index in [1.807, 2.05) is 0 Å². The molecule has 2 unspecified atom stereocenters. The molecule has 1 aromatic carbocycles. The van der Waals surface area contributed by atoms with E-state index in [1.54, 1.807) is 0 Å². The van der Waals surface area contributed by atoms with Gasteiger partial charge in [0.25, 0.3) is 0 Å². The zero-order chi connectivity index (χ0) is 14.4. The first kappa shape index (κ1) is 15.4. The Labute approximate surface area is 123 Å². The summed E-state index contributed by atoms with van der Waals surface area (Å²) >= 11 is 0. The SMILES string of the molecule is CC(C)C1CCCC(Nc2cccc(CCCO)c2)C1. The average molecular weight is 275 g/mol. The van der Waals surface area contributed by atoms with Crippen molar-refractivity contribution in [2.45, 2.75) is 58.4 Å². The van der Waals surface area contributed by atoms with Crippen LogP contribution in [-0.2, 0) is 6.42 Å². The molecule has 1 aromatic rings. The van der Waals surface area contributed by atoms with Crippen LogP contribution in [0.25, 0.3) is 0 Å². The Balaban J connectivity index is 1.92. The van der Waals surface area contributed by atoms with Crippen LogP contribution in [0.5, 0.6) is 0 Å². The minimum atomic E-state index is 0.274. The Morgan fingerprint density at radius 1 is 1.30 bits per heavy atom. The van der Waals surface area contributed by atoms with E-state index >= 15 is 0 Å². The summed E-state index contributed by atoms with van der Waals surface area (Å²) in [6, 6.07) is 9.32. The van der Waals surface area contributed by atoms with Crippen LogP contribution in [0.3, 0.4) is 0 Å². The second kappa shape index (κ2) is 7.68. The lowest BCUT2D eigenvalue weighted by molar-refractivity contribution is 0.264. The Bertz CT molecular complexity index is 402. The molecule has 0 heterocycles. The smallest absolute Gasteiger partial charge is 0.0434 e. The third kappa shape index (κ3) is 4.52. The predicted molar refractivity (Wildman–Crippen MR) is 86.1 cm³/mol. The van der Waals surface area contributed by atoms with Crippen molar-refractivity contribution >= 4 is 5.69 Å². The molecule has 1 aliphatic rings. The number of aliphatic hydroxyl groups excluding tert-OH is 1. The fourth-order valence-electron chi connectivity index (χ4n) is 3.30. The van der Waals surface area contributed by atoms with Gasteiger partial charge < -0.3 is 10.4 Å². The molecule has 2 rings (SSSR count). The summed E-state index contributed by atoms with van der Waals surface area (Å²) < 4.78 is 0. The summed E-state index contributed by atoms with van der Waals surface area (Å²) in [6.45, 7) is 4.97. The highest BCUT2D eigenvalue weighted by atomic mass is 16.2. The maximum Gasteiger partial charge on any atom is 0.0434 e. The number of aryl methyl sites for hydroxylation is 1. The number of benzene rings is 1. The van der Waals surface area contributed by atoms with Gasteiger partial charge in [-0.05, 0) is 55.2 Å². The summed E-state index contributed by atoms with van der Waals surface area (Å²) in [5.74, 6) is 1.68. The largest absolute Gasteiger partial charge is 0.396 e. The van der Waals surface area contributed by atoms with E-state index < -0.39 is 0 Å². The Kier molecular flexibility index (Phi) is 5.90. The van der Waals surface area contributed by atoms with Crippen molar-refractivity contribution in [3.8, 4) is 0 Å². The summed E-state index contributed by atoms with van der Waals surface area (Å²) in [5, 5.41) is 12.6.